The van der Waals surface area contributed by atoms with Gasteiger partial charge in [0, 0.05) is 27.0 Å². The third-order valence-electron chi connectivity index (χ3n) is 2.82. The fourth-order valence-corrected chi connectivity index (χ4v) is 2.64. The summed E-state index contributed by atoms with van der Waals surface area (Å²) in [7, 11) is 1.53. The summed E-state index contributed by atoms with van der Waals surface area (Å²) in [6, 6.07) is 9.08. The average molecular weight is 358 g/mol. The van der Waals surface area contributed by atoms with Crippen molar-refractivity contribution in [2.75, 3.05) is 7.11 Å². The Hall–Kier alpha value is -1.39. The molecule has 0 fully saturated rings. The highest BCUT2D eigenvalue weighted by atomic mass is 79.9. The fourth-order valence-electron chi connectivity index (χ4n) is 1.87. The molecule has 0 radical (unpaired) electrons. The van der Waals surface area contributed by atoms with Crippen molar-refractivity contribution in [3.63, 3.8) is 0 Å². The van der Waals surface area contributed by atoms with Crippen LogP contribution in [0.2, 0.25) is 5.02 Å². The van der Waals surface area contributed by atoms with E-state index in [4.69, 9.17) is 16.3 Å². The minimum absolute atomic E-state index is 0.133. The molecule has 0 aliphatic carbocycles. The van der Waals surface area contributed by atoms with Gasteiger partial charge in [0.15, 0.2) is 5.78 Å². The second-order valence-corrected chi connectivity index (χ2v) is 5.47. The molecule has 0 heterocycles. The third kappa shape index (κ3) is 3.38. The molecule has 0 aliphatic heterocycles. The summed E-state index contributed by atoms with van der Waals surface area (Å²) in [5.74, 6) is 0.0622. The third-order valence-corrected chi connectivity index (χ3v) is 3.72. The summed E-state index contributed by atoms with van der Waals surface area (Å²) in [5, 5.41) is 0.534. The van der Waals surface area contributed by atoms with Gasteiger partial charge in [-0.1, -0.05) is 11.6 Å². The quantitative estimate of drug-likeness (QED) is 0.743. The second-order valence-electron chi connectivity index (χ2n) is 4.18. The SMILES string of the molecule is COc1ccc(Cl)cc1CC(=O)c1ccc(F)cc1Br. The first-order valence-electron chi connectivity index (χ1n) is 5.82. The van der Waals surface area contributed by atoms with E-state index in [-0.39, 0.29) is 12.2 Å². The Balaban J connectivity index is 2.30. The number of Topliss-reactive ketones (excluding diaryl/α,β-unsaturated/α-hetero) is 1. The Morgan fingerprint density at radius 1 is 1.30 bits per heavy atom. The topological polar surface area (TPSA) is 26.3 Å². The number of hydrogen-bond acceptors (Lipinski definition) is 2. The van der Waals surface area contributed by atoms with Crippen LogP contribution in [0.3, 0.4) is 0 Å². The number of benzene rings is 2. The first kappa shape index (κ1) is 15.0. The monoisotopic (exact) mass is 356 g/mol. The molecule has 0 aliphatic rings. The number of rotatable bonds is 4. The van der Waals surface area contributed by atoms with Gasteiger partial charge < -0.3 is 4.74 Å². The van der Waals surface area contributed by atoms with E-state index in [0.29, 0.717) is 26.4 Å². The molecule has 0 spiro atoms. The zero-order valence-corrected chi connectivity index (χ0v) is 13.0. The van der Waals surface area contributed by atoms with Crippen LogP contribution in [-0.2, 0) is 6.42 Å². The molecule has 20 heavy (non-hydrogen) atoms. The summed E-state index contributed by atoms with van der Waals surface area (Å²) in [6.07, 6.45) is 0.133. The first-order valence-corrected chi connectivity index (χ1v) is 6.99. The van der Waals surface area contributed by atoms with E-state index in [9.17, 15) is 9.18 Å². The lowest BCUT2D eigenvalue weighted by Crippen LogP contribution is -2.06. The maximum Gasteiger partial charge on any atom is 0.168 e. The Bertz CT molecular complexity index is 658. The molecule has 104 valence electrons. The van der Waals surface area contributed by atoms with Crippen molar-refractivity contribution in [1.82, 2.24) is 0 Å². The molecule has 0 aromatic heterocycles. The molecule has 0 unspecified atom stereocenters. The molecular formula is C15H11BrClFO2. The van der Waals surface area contributed by atoms with Gasteiger partial charge in [0.25, 0.3) is 0 Å². The van der Waals surface area contributed by atoms with Crippen LogP contribution in [0.25, 0.3) is 0 Å². The Labute approximate surface area is 129 Å². The zero-order chi connectivity index (χ0) is 14.7. The predicted octanol–water partition coefficient (Wildman–Crippen LogP) is 4.68. The van der Waals surface area contributed by atoms with Crippen LogP contribution in [0.15, 0.2) is 40.9 Å². The molecule has 5 heteroatoms. The van der Waals surface area contributed by atoms with Gasteiger partial charge in [-0.25, -0.2) is 4.39 Å². The maximum atomic E-state index is 13.0. The minimum atomic E-state index is -0.395. The fraction of sp³-hybridized carbons (Fsp3) is 0.133. The summed E-state index contributed by atoms with van der Waals surface area (Å²) < 4.78 is 18.7. The lowest BCUT2D eigenvalue weighted by molar-refractivity contribution is 0.0991. The highest BCUT2D eigenvalue weighted by Gasteiger charge is 2.14. The molecule has 0 bridgehead atoms. The molecule has 0 saturated heterocycles. The van der Waals surface area contributed by atoms with Crippen molar-refractivity contribution < 1.29 is 13.9 Å². The predicted molar refractivity (Wildman–Crippen MR) is 80.1 cm³/mol. The van der Waals surface area contributed by atoms with Crippen LogP contribution in [-0.4, -0.2) is 12.9 Å². The van der Waals surface area contributed by atoms with Crippen molar-refractivity contribution in [3.8, 4) is 5.75 Å². The van der Waals surface area contributed by atoms with Gasteiger partial charge in [0.1, 0.15) is 11.6 Å². The van der Waals surface area contributed by atoms with Crippen molar-refractivity contribution >= 4 is 33.3 Å². The number of ether oxygens (including phenoxy) is 1. The standard InChI is InChI=1S/C15H11BrClFO2/c1-20-15-5-2-10(17)6-9(15)7-14(19)12-4-3-11(18)8-13(12)16/h2-6,8H,7H2,1H3. The van der Waals surface area contributed by atoms with Gasteiger partial charge in [-0.3, -0.25) is 4.79 Å². The van der Waals surface area contributed by atoms with Crippen LogP contribution < -0.4 is 4.74 Å². The second kappa shape index (κ2) is 6.37. The number of ketones is 1. The largest absolute Gasteiger partial charge is 0.496 e. The summed E-state index contributed by atoms with van der Waals surface area (Å²) in [6.45, 7) is 0. The van der Waals surface area contributed by atoms with Crippen LogP contribution in [0.1, 0.15) is 15.9 Å². The highest BCUT2D eigenvalue weighted by molar-refractivity contribution is 9.10. The molecule has 0 amide bonds. The van der Waals surface area contributed by atoms with Crippen molar-refractivity contribution in [3.05, 3.63) is 62.8 Å². The van der Waals surface area contributed by atoms with Gasteiger partial charge in [-0.05, 0) is 52.3 Å². The van der Waals surface area contributed by atoms with Gasteiger partial charge in [-0.15, -0.1) is 0 Å². The van der Waals surface area contributed by atoms with E-state index < -0.39 is 5.82 Å². The van der Waals surface area contributed by atoms with Crippen molar-refractivity contribution in [2.24, 2.45) is 0 Å². The van der Waals surface area contributed by atoms with Crippen LogP contribution in [0, 0.1) is 5.82 Å². The van der Waals surface area contributed by atoms with Crippen LogP contribution in [0.4, 0.5) is 4.39 Å². The minimum Gasteiger partial charge on any atom is -0.496 e. The van der Waals surface area contributed by atoms with E-state index in [0.717, 1.165) is 0 Å². The Kier molecular flexibility index (Phi) is 4.78. The number of carbonyl (C=O) groups is 1. The smallest absolute Gasteiger partial charge is 0.168 e. The van der Waals surface area contributed by atoms with E-state index in [2.05, 4.69) is 15.9 Å². The first-order chi connectivity index (χ1) is 9.51. The molecule has 0 saturated carbocycles. The molecule has 0 atom stereocenters. The van der Waals surface area contributed by atoms with E-state index >= 15 is 0 Å². The number of halogens is 3. The van der Waals surface area contributed by atoms with E-state index in [1.54, 1.807) is 18.2 Å². The van der Waals surface area contributed by atoms with Crippen LogP contribution in [0.5, 0.6) is 5.75 Å². The average Bonchev–Trinajstić information content (AvgIpc) is 2.38. The van der Waals surface area contributed by atoms with Crippen LogP contribution >= 0.6 is 27.5 Å². The summed E-state index contributed by atoms with van der Waals surface area (Å²) in [4.78, 5) is 12.3. The van der Waals surface area contributed by atoms with Gasteiger partial charge in [0.05, 0.1) is 7.11 Å². The highest BCUT2D eigenvalue weighted by Crippen LogP contribution is 2.26. The van der Waals surface area contributed by atoms with Crippen molar-refractivity contribution in [2.45, 2.75) is 6.42 Å². The maximum absolute atomic E-state index is 13.0. The lowest BCUT2D eigenvalue weighted by atomic mass is 10.0. The normalized spacial score (nSPS) is 10.4. The Morgan fingerprint density at radius 2 is 2.05 bits per heavy atom. The molecular weight excluding hydrogens is 347 g/mol. The molecule has 2 aromatic rings. The summed E-state index contributed by atoms with van der Waals surface area (Å²) >= 11 is 9.12. The molecule has 0 N–H and O–H groups in total. The lowest BCUT2D eigenvalue weighted by Gasteiger charge is -2.09. The Morgan fingerprint density at radius 3 is 2.70 bits per heavy atom. The number of carbonyl (C=O) groups excluding carboxylic acids is 1. The van der Waals surface area contributed by atoms with Crippen molar-refractivity contribution in [1.29, 1.82) is 0 Å². The summed E-state index contributed by atoms with van der Waals surface area (Å²) in [5.41, 5.74) is 1.12. The molecule has 2 nitrogen and oxygen atoms in total. The van der Waals surface area contributed by atoms with Gasteiger partial charge in [0.2, 0.25) is 0 Å². The van der Waals surface area contributed by atoms with E-state index in [1.165, 1.54) is 25.3 Å². The van der Waals surface area contributed by atoms with E-state index in [1.807, 2.05) is 0 Å². The number of methoxy groups -OCH3 is 1. The molecule has 2 rings (SSSR count). The van der Waals surface area contributed by atoms with Gasteiger partial charge >= 0.3 is 0 Å². The van der Waals surface area contributed by atoms with Gasteiger partial charge in [-0.2, -0.15) is 0 Å². The number of hydrogen-bond donors (Lipinski definition) is 0. The molecule has 2 aromatic carbocycles. The zero-order valence-electron chi connectivity index (χ0n) is 10.6.